The summed E-state index contributed by atoms with van der Waals surface area (Å²) in [7, 11) is 0. The highest BCUT2D eigenvalue weighted by molar-refractivity contribution is 5.76. The van der Waals surface area contributed by atoms with Gasteiger partial charge in [0.1, 0.15) is 24.4 Å². The van der Waals surface area contributed by atoms with E-state index in [0.29, 0.717) is 12.8 Å². The first-order chi connectivity index (χ1) is 23.8. The number of rotatable bonds is 32. The summed E-state index contributed by atoms with van der Waals surface area (Å²) in [5, 5.41) is 54.0. The topological polar surface area (TPSA) is 149 Å². The molecule has 1 rings (SSSR count). The maximum absolute atomic E-state index is 12.9. The average molecular weight is 698 g/mol. The highest BCUT2D eigenvalue weighted by atomic mass is 16.7. The van der Waals surface area contributed by atoms with Crippen LogP contribution < -0.4 is 5.32 Å². The Hall–Kier alpha value is -1.33. The lowest BCUT2D eigenvalue weighted by Crippen LogP contribution is -2.60. The molecule has 1 saturated heterocycles. The molecule has 49 heavy (non-hydrogen) atoms. The highest BCUT2D eigenvalue weighted by Gasteiger charge is 2.44. The third-order valence-electron chi connectivity index (χ3n) is 9.53. The standard InChI is InChI=1S/C40H75NO8/c1-3-5-7-9-11-13-15-17-18-20-22-24-26-28-30-36(44)41-33(32-48-40-39(47)38(46)37(45)35(31-42)49-40)34(43)29-27-25-23-21-19-16-14-12-10-8-6-4-2/h15,17,19,21,33-35,37-40,42-43,45-47H,3-14,16,18,20,22-32H2,1-2H3,(H,41,44)/b17-15+,21-19+/t33-,34+,35-,37-,38?,39?,40-/m0/s1. The van der Waals surface area contributed by atoms with Crippen molar-refractivity contribution in [3.05, 3.63) is 24.3 Å². The van der Waals surface area contributed by atoms with E-state index in [-0.39, 0.29) is 12.5 Å². The first kappa shape index (κ1) is 45.7. The number of carbonyl (C=O) groups excluding carboxylic acids is 1. The van der Waals surface area contributed by atoms with E-state index >= 15 is 0 Å². The van der Waals surface area contributed by atoms with Crippen LogP contribution in [0.2, 0.25) is 0 Å². The molecule has 6 N–H and O–H groups in total. The van der Waals surface area contributed by atoms with Gasteiger partial charge in [0.15, 0.2) is 6.29 Å². The molecule has 0 aromatic carbocycles. The summed E-state index contributed by atoms with van der Waals surface area (Å²) in [4.78, 5) is 12.9. The normalized spacial score (nSPS) is 22.6. The van der Waals surface area contributed by atoms with Crippen molar-refractivity contribution in [3.63, 3.8) is 0 Å². The first-order valence-corrected chi connectivity index (χ1v) is 20.0. The summed E-state index contributed by atoms with van der Waals surface area (Å²) in [6, 6.07) is -0.735. The number of hydrogen-bond donors (Lipinski definition) is 6. The molecule has 1 aliphatic heterocycles. The van der Waals surface area contributed by atoms with E-state index in [1.54, 1.807) is 0 Å². The molecule has 0 spiro atoms. The number of unbranched alkanes of at least 4 members (excludes halogenated alkanes) is 18. The Morgan fingerprint density at radius 3 is 1.65 bits per heavy atom. The van der Waals surface area contributed by atoms with Crippen LogP contribution >= 0.6 is 0 Å². The van der Waals surface area contributed by atoms with Crippen LogP contribution in [0.4, 0.5) is 0 Å². The Bertz CT molecular complexity index is 822. The van der Waals surface area contributed by atoms with E-state index in [0.717, 1.165) is 64.2 Å². The Labute approximate surface area is 298 Å². The number of aliphatic hydroxyl groups is 5. The number of aliphatic hydroxyl groups excluding tert-OH is 5. The number of carbonyl (C=O) groups is 1. The molecule has 288 valence electrons. The summed E-state index contributed by atoms with van der Waals surface area (Å²) >= 11 is 0. The monoisotopic (exact) mass is 698 g/mol. The molecule has 1 fully saturated rings. The lowest BCUT2D eigenvalue weighted by atomic mass is 9.99. The van der Waals surface area contributed by atoms with E-state index in [9.17, 15) is 30.3 Å². The Kier molecular flexibility index (Phi) is 29.3. The van der Waals surface area contributed by atoms with Crippen LogP contribution in [-0.2, 0) is 14.3 Å². The molecule has 9 heteroatoms. The van der Waals surface area contributed by atoms with Crippen molar-refractivity contribution in [1.29, 1.82) is 0 Å². The molecule has 1 aliphatic rings. The lowest BCUT2D eigenvalue weighted by Gasteiger charge is -2.40. The quantitative estimate of drug-likeness (QED) is 0.0320. The molecule has 2 unspecified atom stereocenters. The minimum absolute atomic E-state index is 0.153. The Morgan fingerprint density at radius 2 is 1.14 bits per heavy atom. The number of amides is 1. The van der Waals surface area contributed by atoms with Gasteiger partial charge >= 0.3 is 0 Å². The fourth-order valence-electron chi connectivity index (χ4n) is 6.21. The number of hydrogen-bond acceptors (Lipinski definition) is 8. The van der Waals surface area contributed by atoms with Crippen molar-refractivity contribution >= 4 is 5.91 Å². The zero-order chi connectivity index (χ0) is 36.0. The molecule has 0 aromatic heterocycles. The summed E-state index contributed by atoms with van der Waals surface area (Å²) in [5.74, 6) is -0.166. The van der Waals surface area contributed by atoms with Crippen LogP contribution in [0.25, 0.3) is 0 Å². The fraction of sp³-hybridized carbons (Fsp3) is 0.875. The van der Waals surface area contributed by atoms with Crippen LogP contribution in [0.15, 0.2) is 24.3 Å². The zero-order valence-electron chi connectivity index (χ0n) is 31.2. The molecule has 0 radical (unpaired) electrons. The summed E-state index contributed by atoms with van der Waals surface area (Å²) in [6.45, 7) is 3.76. The van der Waals surface area contributed by atoms with Gasteiger partial charge in [-0.1, -0.05) is 122 Å². The van der Waals surface area contributed by atoms with Crippen molar-refractivity contribution in [3.8, 4) is 0 Å². The summed E-state index contributed by atoms with van der Waals surface area (Å²) < 4.78 is 11.2. The molecular formula is C40H75NO8. The largest absolute Gasteiger partial charge is 0.394 e. The van der Waals surface area contributed by atoms with E-state index in [2.05, 4.69) is 43.5 Å². The molecule has 9 nitrogen and oxygen atoms in total. The number of ether oxygens (including phenoxy) is 2. The van der Waals surface area contributed by atoms with Crippen molar-refractivity contribution in [2.24, 2.45) is 0 Å². The van der Waals surface area contributed by atoms with Gasteiger partial charge in [0.2, 0.25) is 5.91 Å². The second-order valence-corrected chi connectivity index (χ2v) is 14.1. The predicted octanol–water partition coefficient (Wildman–Crippen LogP) is 7.16. The maximum atomic E-state index is 12.9. The Morgan fingerprint density at radius 1 is 0.673 bits per heavy atom. The fourth-order valence-corrected chi connectivity index (χ4v) is 6.21. The lowest BCUT2D eigenvalue weighted by molar-refractivity contribution is -0.302. The van der Waals surface area contributed by atoms with Gasteiger partial charge < -0.3 is 40.3 Å². The maximum Gasteiger partial charge on any atom is 0.220 e. The smallest absolute Gasteiger partial charge is 0.220 e. The van der Waals surface area contributed by atoms with Crippen molar-refractivity contribution in [1.82, 2.24) is 5.32 Å². The van der Waals surface area contributed by atoms with E-state index in [1.165, 1.54) is 77.0 Å². The minimum atomic E-state index is -1.56. The highest BCUT2D eigenvalue weighted by Crippen LogP contribution is 2.23. The van der Waals surface area contributed by atoms with Crippen LogP contribution in [0.5, 0.6) is 0 Å². The summed E-state index contributed by atoms with van der Waals surface area (Å²) in [6.07, 6.45) is 27.5. The van der Waals surface area contributed by atoms with Gasteiger partial charge in [-0.15, -0.1) is 0 Å². The van der Waals surface area contributed by atoms with Gasteiger partial charge in [-0.3, -0.25) is 4.79 Å². The van der Waals surface area contributed by atoms with E-state index < -0.39 is 49.5 Å². The second-order valence-electron chi connectivity index (χ2n) is 14.1. The predicted molar refractivity (Wildman–Crippen MR) is 198 cm³/mol. The van der Waals surface area contributed by atoms with Crippen LogP contribution in [0.3, 0.4) is 0 Å². The van der Waals surface area contributed by atoms with Crippen molar-refractivity contribution in [2.75, 3.05) is 13.2 Å². The Balaban J connectivity index is 2.43. The third-order valence-corrected chi connectivity index (χ3v) is 9.53. The molecule has 0 bridgehead atoms. The molecule has 1 heterocycles. The van der Waals surface area contributed by atoms with E-state index in [1.807, 2.05) is 0 Å². The third kappa shape index (κ3) is 23.0. The van der Waals surface area contributed by atoms with Gasteiger partial charge in [0.25, 0.3) is 0 Å². The molecular weight excluding hydrogens is 622 g/mol. The minimum Gasteiger partial charge on any atom is -0.394 e. The van der Waals surface area contributed by atoms with Crippen molar-refractivity contribution < 1.29 is 39.8 Å². The number of nitrogens with one attached hydrogen (secondary N) is 1. The van der Waals surface area contributed by atoms with Crippen LogP contribution in [-0.4, -0.2) is 87.5 Å². The molecule has 0 aliphatic carbocycles. The van der Waals surface area contributed by atoms with Crippen molar-refractivity contribution in [2.45, 2.75) is 211 Å². The van der Waals surface area contributed by atoms with Crippen LogP contribution in [0.1, 0.15) is 168 Å². The van der Waals surface area contributed by atoms with Gasteiger partial charge in [-0.2, -0.15) is 0 Å². The van der Waals surface area contributed by atoms with Gasteiger partial charge in [-0.25, -0.2) is 0 Å². The zero-order valence-corrected chi connectivity index (χ0v) is 31.2. The molecule has 0 aromatic rings. The average Bonchev–Trinajstić information content (AvgIpc) is 3.10. The van der Waals surface area contributed by atoms with Gasteiger partial charge in [0.05, 0.1) is 25.4 Å². The summed E-state index contributed by atoms with van der Waals surface area (Å²) in [5.41, 5.74) is 0. The van der Waals surface area contributed by atoms with Crippen LogP contribution in [0, 0.1) is 0 Å². The first-order valence-electron chi connectivity index (χ1n) is 20.0. The molecule has 0 saturated carbocycles. The van der Waals surface area contributed by atoms with E-state index in [4.69, 9.17) is 9.47 Å². The second kappa shape index (κ2) is 31.4. The van der Waals surface area contributed by atoms with Gasteiger partial charge in [-0.05, 0) is 64.2 Å². The molecule has 7 atom stereocenters. The number of allylic oxidation sites excluding steroid dienone is 4. The van der Waals surface area contributed by atoms with Gasteiger partial charge in [0, 0.05) is 6.42 Å². The molecule has 1 amide bonds. The SMILES string of the molecule is CCCCCCC/C=C/CCCCCCCC(=O)N[C@@H](CO[C@H]1O[C@@H](CO)[C@H](O)C(O)C1O)[C@H](O)CCCC/C=C/CCCCCCCC.